The summed E-state index contributed by atoms with van der Waals surface area (Å²) in [5.41, 5.74) is 1.05. The number of aliphatic imine (C=N–C) groups is 1. The minimum atomic E-state index is 0. The number of nitrogens with zero attached hydrogens (tertiary/aromatic N) is 3. The number of hydrogen-bond acceptors (Lipinski definition) is 2. The van der Waals surface area contributed by atoms with Crippen LogP contribution in [0.15, 0.2) is 47.7 Å². The number of rotatable bonds is 6. The molecule has 2 N–H and O–H groups in total. The summed E-state index contributed by atoms with van der Waals surface area (Å²) < 4.78 is 1.92. The number of aromatic nitrogens is 2. The van der Waals surface area contributed by atoms with E-state index in [4.69, 9.17) is 11.6 Å². The summed E-state index contributed by atoms with van der Waals surface area (Å²) in [6.45, 7) is 2.38. The minimum absolute atomic E-state index is 0. The molecule has 22 heavy (non-hydrogen) atoms. The zero-order valence-electron chi connectivity index (χ0n) is 12.5. The molecule has 2 aromatic rings. The van der Waals surface area contributed by atoms with E-state index in [2.05, 4.69) is 20.7 Å². The molecule has 120 valence electrons. The summed E-state index contributed by atoms with van der Waals surface area (Å²) in [7, 11) is 1.76. The first kappa shape index (κ1) is 18.8. The lowest BCUT2D eigenvalue weighted by atomic mass is 10.2. The van der Waals surface area contributed by atoms with Gasteiger partial charge in [0.25, 0.3) is 0 Å². The van der Waals surface area contributed by atoms with Crippen LogP contribution in [0, 0.1) is 0 Å². The Hall–Kier alpha value is -1.28. The molecule has 1 aromatic heterocycles. The van der Waals surface area contributed by atoms with E-state index in [0.717, 1.165) is 36.1 Å². The summed E-state index contributed by atoms with van der Waals surface area (Å²) in [6.07, 6.45) is 4.73. The highest BCUT2D eigenvalue weighted by Crippen LogP contribution is 2.14. The predicted octanol–water partition coefficient (Wildman–Crippen LogP) is 2.91. The summed E-state index contributed by atoms with van der Waals surface area (Å²) in [5.74, 6) is 0.774. The van der Waals surface area contributed by atoms with Crippen molar-refractivity contribution >= 4 is 41.5 Å². The molecule has 0 saturated carbocycles. The molecule has 0 unspecified atom stereocenters. The Kier molecular flexibility index (Phi) is 8.91. The van der Waals surface area contributed by atoms with Crippen molar-refractivity contribution < 1.29 is 0 Å². The van der Waals surface area contributed by atoms with Gasteiger partial charge in [0.2, 0.25) is 0 Å². The number of benzene rings is 1. The van der Waals surface area contributed by atoms with E-state index in [0.29, 0.717) is 6.54 Å². The van der Waals surface area contributed by atoms with Gasteiger partial charge < -0.3 is 10.6 Å². The summed E-state index contributed by atoms with van der Waals surface area (Å²) in [6, 6.07) is 9.72. The molecule has 0 aliphatic carbocycles. The van der Waals surface area contributed by atoms with Gasteiger partial charge in [0.05, 0.1) is 0 Å². The van der Waals surface area contributed by atoms with E-state index in [1.54, 1.807) is 13.2 Å². The van der Waals surface area contributed by atoms with E-state index in [9.17, 15) is 0 Å². The van der Waals surface area contributed by atoms with Gasteiger partial charge in [-0.1, -0.05) is 29.8 Å². The summed E-state index contributed by atoms with van der Waals surface area (Å²) in [5, 5.41) is 11.5. The molecular formula is C15H21ClIN5. The first-order valence-corrected chi connectivity index (χ1v) is 7.33. The molecule has 0 bridgehead atoms. The molecule has 0 atom stereocenters. The maximum Gasteiger partial charge on any atom is 0.191 e. The predicted molar refractivity (Wildman–Crippen MR) is 102 cm³/mol. The van der Waals surface area contributed by atoms with Gasteiger partial charge in [0, 0.05) is 44.1 Å². The Balaban J connectivity index is 0.00000242. The molecule has 2 rings (SSSR count). The number of guanidine groups is 1. The largest absolute Gasteiger partial charge is 0.356 e. The Labute approximate surface area is 153 Å². The second-order valence-corrected chi connectivity index (χ2v) is 4.97. The third kappa shape index (κ3) is 6.23. The molecule has 0 aliphatic rings. The second kappa shape index (κ2) is 10.4. The SMILES string of the molecule is CN=C(NCCCn1cccn1)NCc1ccccc1Cl.I. The molecule has 5 nitrogen and oxygen atoms in total. The van der Waals surface area contributed by atoms with Gasteiger partial charge in [0.1, 0.15) is 0 Å². The molecule has 7 heteroatoms. The first-order chi connectivity index (χ1) is 10.3. The van der Waals surface area contributed by atoms with Crippen LogP contribution in [-0.4, -0.2) is 29.3 Å². The second-order valence-electron chi connectivity index (χ2n) is 4.57. The van der Waals surface area contributed by atoms with Crippen molar-refractivity contribution in [1.82, 2.24) is 20.4 Å². The van der Waals surface area contributed by atoms with Crippen LogP contribution in [0.25, 0.3) is 0 Å². The van der Waals surface area contributed by atoms with Crippen molar-refractivity contribution in [3.63, 3.8) is 0 Å². The van der Waals surface area contributed by atoms with Gasteiger partial charge in [-0.15, -0.1) is 24.0 Å². The van der Waals surface area contributed by atoms with Crippen LogP contribution in [0.3, 0.4) is 0 Å². The maximum absolute atomic E-state index is 6.12. The van der Waals surface area contributed by atoms with Crippen LogP contribution < -0.4 is 10.6 Å². The van der Waals surface area contributed by atoms with E-state index >= 15 is 0 Å². The average Bonchev–Trinajstić information content (AvgIpc) is 3.01. The van der Waals surface area contributed by atoms with Crippen LogP contribution in [0.4, 0.5) is 0 Å². The van der Waals surface area contributed by atoms with E-state index in [1.807, 2.05) is 41.2 Å². The van der Waals surface area contributed by atoms with Crippen LogP contribution in [0.2, 0.25) is 5.02 Å². The minimum Gasteiger partial charge on any atom is -0.356 e. The van der Waals surface area contributed by atoms with Gasteiger partial charge >= 0.3 is 0 Å². The molecular weight excluding hydrogens is 413 g/mol. The van der Waals surface area contributed by atoms with Gasteiger partial charge in [-0.25, -0.2) is 0 Å². The number of hydrogen-bond donors (Lipinski definition) is 2. The van der Waals surface area contributed by atoms with Crippen molar-refractivity contribution in [1.29, 1.82) is 0 Å². The molecule has 0 aliphatic heterocycles. The van der Waals surface area contributed by atoms with E-state index in [-0.39, 0.29) is 24.0 Å². The van der Waals surface area contributed by atoms with Gasteiger partial charge in [0.15, 0.2) is 5.96 Å². The Morgan fingerprint density at radius 3 is 2.77 bits per heavy atom. The lowest BCUT2D eigenvalue weighted by Gasteiger charge is -2.12. The monoisotopic (exact) mass is 433 g/mol. The van der Waals surface area contributed by atoms with Gasteiger partial charge in [-0.05, 0) is 24.1 Å². The van der Waals surface area contributed by atoms with E-state index in [1.165, 1.54) is 0 Å². The third-order valence-corrected chi connectivity index (χ3v) is 3.41. The molecule has 0 fully saturated rings. The maximum atomic E-state index is 6.12. The van der Waals surface area contributed by atoms with Gasteiger partial charge in [-0.3, -0.25) is 9.67 Å². The molecule has 0 radical (unpaired) electrons. The normalized spacial score (nSPS) is 10.9. The smallest absolute Gasteiger partial charge is 0.191 e. The fourth-order valence-corrected chi connectivity index (χ4v) is 2.12. The zero-order chi connectivity index (χ0) is 14.9. The topological polar surface area (TPSA) is 54.2 Å². The quantitative estimate of drug-likeness (QED) is 0.319. The molecule has 1 heterocycles. The number of aryl methyl sites for hydroxylation is 1. The van der Waals surface area contributed by atoms with Crippen molar-refractivity contribution in [2.45, 2.75) is 19.5 Å². The van der Waals surface area contributed by atoms with Crippen LogP contribution >= 0.6 is 35.6 Å². The zero-order valence-corrected chi connectivity index (χ0v) is 15.6. The van der Waals surface area contributed by atoms with Crippen LogP contribution in [-0.2, 0) is 13.1 Å². The van der Waals surface area contributed by atoms with Crippen LogP contribution in [0.5, 0.6) is 0 Å². The molecule has 1 aromatic carbocycles. The van der Waals surface area contributed by atoms with Crippen molar-refractivity contribution in [2.24, 2.45) is 4.99 Å². The summed E-state index contributed by atoms with van der Waals surface area (Å²) >= 11 is 6.12. The Morgan fingerprint density at radius 2 is 2.09 bits per heavy atom. The van der Waals surface area contributed by atoms with Crippen molar-refractivity contribution in [2.75, 3.05) is 13.6 Å². The van der Waals surface area contributed by atoms with Gasteiger partial charge in [-0.2, -0.15) is 5.10 Å². The van der Waals surface area contributed by atoms with E-state index < -0.39 is 0 Å². The number of halogens is 2. The average molecular weight is 434 g/mol. The summed E-state index contributed by atoms with van der Waals surface area (Å²) in [4.78, 5) is 4.20. The van der Waals surface area contributed by atoms with Crippen molar-refractivity contribution in [3.8, 4) is 0 Å². The highest BCUT2D eigenvalue weighted by Gasteiger charge is 2.01. The first-order valence-electron chi connectivity index (χ1n) is 6.95. The molecule has 0 amide bonds. The molecule has 0 spiro atoms. The van der Waals surface area contributed by atoms with Crippen LogP contribution in [0.1, 0.15) is 12.0 Å². The molecule has 0 saturated heterocycles. The highest BCUT2D eigenvalue weighted by atomic mass is 127. The van der Waals surface area contributed by atoms with Crippen molar-refractivity contribution in [3.05, 3.63) is 53.3 Å². The highest BCUT2D eigenvalue weighted by molar-refractivity contribution is 14.0. The fraction of sp³-hybridized carbons (Fsp3) is 0.333. The lowest BCUT2D eigenvalue weighted by molar-refractivity contribution is 0.570. The Bertz CT molecular complexity index is 571. The standard InChI is InChI=1S/C15H20ClN5.HI/c1-17-15(18-8-4-10-21-11-5-9-20-21)19-12-13-6-2-3-7-14(13)16;/h2-3,5-7,9,11H,4,8,10,12H2,1H3,(H2,17,18,19);1H. The third-order valence-electron chi connectivity index (χ3n) is 3.04. The lowest BCUT2D eigenvalue weighted by Crippen LogP contribution is -2.37. The Morgan fingerprint density at radius 1 is 1.27 bits per heavy atom. The fourth-order valence-electron chi connectivity index (χ4n) is 1.92. The number of nitrogens with one attached hydrogen (secondary N) is 2.